The third-order valence-corrected chi connectivity index (χ3v) is 6.09. The number of piperazine rings is 1. The molecule has 1 aromatic carbocycles. The van der Waals surface area contributed by atoms with Gasteiger partial charge in [0.2, 0.25) is 11.8 Å². The quantitative estimate of drug-likeness (QED) is 0.690. The maximum absolute atomic E-state index is 12.6. The van der Waals surface area contributed by atoms with Crippen molar-refractivity contribution < 1.29 is 14.1 Å². The highest BCUT2D eigenvalue weighted by Gasteiger charge is 2.24. The number of rotatable bonds is 5. The molecule has 2 aromatic heterocycles. The molecular formula is C20H23N5O3S. The molecule has 0 radical (unpaired) electrons. The van der Waals surface area contributed by atoms with Gasteiger partial charge in [0.15, 0.2) is 5.13 Å². The summed E-state index contributed by atoms with van der Waals surface area (Å²) in [5, 5.41) is 7.40. The molecule has 0 saturated carbocycles. The van der Waals surface area contributed by atoms with Gasteiger partial charge in [0.25, 0.3) is 0 Å². The lowest BCUT2D eigenvalue weighted by molar-refractivity contribution is -0.132. The van der Waals surface area contributed by atoms with Crippen LogP contribution in [0.5, 0.6) is 0 Å². The van der Waals surface area contributed by atoms with Gasteiger partial charge in [-0.3, -0.25) is 14.5 Å². The lowest BCUT2D eigenvalue weighted by Crippen LogP contribution is -2.50. The predicted octanol–water partition coefficient (Wildman–Crippen LogP) is 2.23. The molecular weight excluding hydrogens is 390 g/mol. The van der Waals surface area contributed by atoms with E-state index in [4.69, 9.17) is 4.52 Å². The average Bonchev–Trinajstić information content (AvgIpc) is 3.25. The summed E-state index contributed by atoms with van der Waals surface area (Å²) in [5.74, 6) is 0.679. The van der Waals surface area contributed by atoms with Crippen LogP contribution >= 0.6 is 11.3 Å². The molecule has 1 fully saturated rings. The molecule has 0 atom stereocenters. The molecule has 3 aromatic rings. The molecule has 0 unspecified atom stereocenters. The van der Waals surface area contributed by atoms with E-state index >= 15 is 0 Å². The molecule has 8 nitrogen and oxygen atoms in total. The number of nitrogens with one attached hydrogen (secondary N) is 1. The summed E-state index contributed by atoms with van der Waals surface area (Å²) < 4.78 is 6.18. The third kappa shape index (κ3) is 4.46. The first kappa shape index (κ1) is 19.5. The number of thiazole rings is 1. The fraction of sp³-hybridized carbons (Fsp3) is 0.400. The van der Waals surface area contributed by atoms with Crippen LogP contribution in [-0.2, 0) is 16.0 Å². The van der Waals surface area contributed by atoms with Gasteiger partial charge in [-0.25, -0.2) is 4.98 Å². The Morgan fingerprint density at radius 2 is 1.93 bits per heavy atom. The summed E-state index contributed by atoms with van der Waals surface area (Å²) in [6.45, 7) is 6.52. The highest BCUT2D eigenvalue weighted by molar-refractivity contribution is 7.22. The van der Waals surface area contributed by atoms with Gasteiger partial charge in [-0.15, -0.1) is 0 Å². The van der Waals surface area contributed by atoms with Crippen molar-refractivity contribution in [2.24, 2.45) is 0 Å². The molecule has 4 rings (SSSR count). The second-order valence-corrected chi connectivity index (χ2v) is 8.20. The molecule has 0 aliphatic carbocycles. The molecule has 1 aliphatic rings. The van der Waals surface area contributed by atoms with Crippen molar-refractivity contribution in [3.05, 3.63) is 41.3 Å². The summed E-state index contributed by atoms with van der Waals surface area (Å²) in [6, 6.07) is 7.81. The molecule has 0 bridgehead atoms. The Hall–Kier alpha value is -2.78. The molecule has 3 heterocycles. The van der Waals surface area contributed by atoms with Crippen LogP contribution in [0.4, 0.5) is 5.13 Å². The lowest BCUT2D eigenvalue weighted by atomic mass is 10.1. The molecule has 1 N–H and O–H groups in total. The van der Waals surface area contributed by atoms with Gasteiger partial charge in [0, 0.05) is 31.7 Å². The first-order chi connectivity index (χ1) is 14.0. The number of aryl methyl sites for hydroxylation is 2. The van der Waals surface area contributed by atoms with Crippen molar-refractivity contribution in [1.29, 1.82) is 0 Å². The van der Waals surface area contributed by atoms with E-state index in [2.05, 4.69) is 20.4 Å². The van der Waals surface area contributed by atoms with E-state index in [9.17, 15) is 9.59 Å². The monoisotopic (exact) mass is 413 g/mol. The Labute approximate surface area is 172 Å². The molecule has 152 valence electrons. The van der Waals surface area contributed by atoms with E-state index in [1.165, 1.54) is 11.3 Å². The van der Waals surface area contributed by atoms with Crippen LogP contribution in [-0.4, -0.2) is 64.5 Å². The predicted molar refractivity (Wildman–Crippen MR) is 111 cm³/mol. The van der Waals surface area contributed by atoms with Crippen LogP contribution in [0.3, 0.4) is 0 Å². The number of hydrogen-bond acceptors (Lipinski definition) is 7. The highest BCUT2D eigenvalue weighted by Crippen LogP contribution is 2.25. The van der Waals surface area contributed by atoms with Gasteiger partial charge in [-0.05, 0) is 26.0 Å². The lowest BCUT2D eigenvalue weighted by Gasteiger charge is -2.34. The SMILES string of the molecule is Cc1noc(C)c1CC(=O)N1CCN(CC(=O)Nc2nc3ccccc3s2)CC1. The first-order valence-electron chi connectivity index (χ1n) is 9.57. The van der Waals surface area contributed by atoms with E-state index < -0.39 is 0 Å². The van der Waals surface area contributed by atoms with Crippen LogP contribution in [0.2, 0.25) is 0 Å². The summed E-state index contributed by atoms with van der Waals surface area (Å²) in [4.78, 5) is 33.3. The van der Waals surface area contributed by atoms with Gasteiger partial charge in [-0.1, -0.05) is 28.6 Å². The summed E-state index contributed by atoms with van der Waals surface area (Å²) >= 11 is 1.47. The van der Waals surface area contributed by atoms with Crippen LogP contribution in [0.1, 0.15) is 17.0 Å². The Kier molecular flexibility index (Phi) is 5.59. The van der Waals surface area contributed by atoms with Crippen LogP contribution in [0, 0.1) is 13.8 Å². The van der Waals surface area contributed by atoms with Crippen molar-refractivity contribution >= 4 is 38.5 Å². The van der Waals surface area contributed by atoms with Crippen molar-refractivity contribution in [3.8, 4) is 0 Å². The van der Waals surface area contributed by atoms with Gasteiger partial charge in [0.05, 0.1) is 28.9 Å². The Morgan fingerprint density at radius 1 is 1.17 bits per heavy atom. The number of benzene rings is 1. The van der Waals surface area contributed by atoms with E-state index in [0.717, 1.165) is 21.5 Å². The minimum atomic E-state index is -0.0837. The van der Waals surface area contributed by atoms with Gasteiger partial charge in [0.1, 0.15) is 5.76 Å². The van der Waals surface area contributed by atoms with Crippen molar-refractivity contribution in [3.63, 3.8) is 0 Å². The fourth-order valence-electron chi connectivity index (χ4n) is 3.46. The third-order valence-electron chi connectivity index (χ3n) is 5.14. The highest BCUT2D eigenvalue weighted by atomic mass is 32.1. The zero-order valence-electron chi connectivity index (χ0n) is 16.5. The molecule has 2 amide bonds. The second-order valence-electron chi connectivity index (χ2n) is 7.17. The number of carbonyl (C=O) groups is 2. The maximum Gasteiger partial charge on any atom is 0.240 e. The number of amides is 2. The molecule has 1 aliphatic heterocycles. The number of anilines is 1. The number of nitrogens with zero attached hydrogens (tertiary/aromatic N) is 4. The zero-order valence-corrected chi connectivity index (χ0v) is 17.3. The Morgan fingerprint density at radius 3 is 2.62 bits per heavy atom. The molecule has 9 heteroatoms. The second kappa shape index (κ2) is 8.30. The topological polar surface area (TPSA) is 91.6 Å². The van der Waals surface area contributed by atoms with Crippen molar-refractivity contribution in [1.82, 2.24) is 19.9 Å². The number of hydrogen-bond donors (Lipinski definition) is 1. The molecule has 1 saturated heterocycles. The molecule has 0 spiro atoms. The fourth-order valence-corrected chi connectivity index (χ4v) is 4.34. The Balaban J connectivity index is 1.26. The number of fused-ring (bicyclic) bond motifs is 1. The minimum Gasteiger partial charge on any atom is -0.361 e. The minimum absolute atomic E-state index is 0.0676. The number of aromatic nitrogens is 2. The number of carbonyl (C=O) groups excluding carboxylic acids is 2. The smallest absolute Gasteiger partial charge is 0.240 e. The van der Waals surface area contributed by atoms with Crippen LogP contribution < -0.4 is 5.32 Å². The van der Waals surface area contributed by atoms with Gasteiger partial charge < -0.3 is 14.7 Å². The Bertz CT molecular complexity index is 983. The van der Waals surface area contributed by atoms with Gasteiger partial charge in [-0.2, -0.15) is 0 Å². The van der Waals surface area contributed by atoms with Crippen molar-refractivity contribution in [2.75, 3.05) is 38.0 Å². The summed E-state index contributed by atoms with van der Waals surface area (Å²) in [7, 11) is 0. The van der Waals surface area contributed by atoms with E-state index in [1.807, 2.05) is 43.0 Å². The molecule has 29 heavy (non-hydrogen) atoms. The largest absolute Gasteiger partial charge is 0.361 e. The van der Waals surface area contributed by atoms with E-state index in [-0.39, 0.29) is 11.8 Å². The van der Waals surface area contributed by atoms with E-state index in [0.29, 0.717) is 50.0 Å². The normalized spacial score (nSPS) is 15.0. The summed E-state index contributed by atoms with van der Waals surface area (Å²) in [5.41, 5.74) is 2.52. The van der Waals surface area contributed by atoms with Gasteiger partial charge >= 0.3 is 0 Å². The number of para-hydroxylation sites is 1. The van der Waals surface area contributed by atoms with Crippen LogP contribution in [0.25, 0.3) is 10.2 Å². The first-order valence-corrected chi connectivity index (χ1v) is 10.4. The van der Waals surface area contributed by atoms with Crippen molar-refractivity contribution in [2.45, 2.75) is 20.3 Å². The zero-order chi connectivity index (χ0) is 20.4. The standard InChI is InChI=1S/C20H23N5O3S/c1-13-15(14(2)28-23-13)11-19(27)25-9-7-24(8-10-25)12-18(26)22-20-21-16-5-3-4-6-17(16)29-20/h3-6H,7-12H2,1-2H3,(H,21,22,26). The average molecular weight is 414 g/mol. The maximum atomic E-state index is 12.6. The van der Waals surface area contributed by atoms with E-state index in [1.54, 1.807) is 0 Å². The van der Waals surface area contributed by atoms with Crippen LogP contribution in [0.15, 0.2) is 28.8 Å². The summed E-state index contributed by atoms with van der Waals surface area (Å²) in [6.07, 6.45) is 0.305.